The lowest BCUT2D eigenvalue weighted by atomic mass is 10.0. The van der Waals surface area contributed by atoms with Gasteiger partial charge in [0.2, 0.25) is 5.91 Å². The van der Waals surface area contributed by atoms with Gasteiger partial charge in [0, 0.05) is 0 Å². The lowest BCUT2D eigenvalue weighted by molar-refractivity contribution is -0.121. The van der Waals surface area contributed by atoms with E-state index in [-0.39, 0.29) is 30.9 Å². The van der Waals surface area contributed by atoms with Gasteiger partial charge in [0.25, 0.3) is 0 Å². The fourth-order valence-corrected chi connectivity index (χ4v) is 2.60. The van der Waals surface area contributed by atoms with E-state index >= 15 is 0 Å². The standard InChI is InChI=1S/C18H20FN3O3/c19-14-7-5-13(6-8-14)17(12-3-4-12)22-16(23)11-21-18(24)20-10-15-2-1-9-25-15/h1-2,5-9,12,17H,3-4,10-11H2,(H,22,23)(H2,20,21,24)/t17-/m1/s1. The van der Waals surface area contributed by atoms with Gasteiger partial charge in [-0.2, -0.15) is 0 Å². The summed E-state index contributed by atoms with van der Waals surface area (Å²) in [4.78, 5) is 23.8. The molecule has 0 radical (unpaired) electrons. The monoisotopic (exact) mass is 345 g/mol. The highest BCUT2D eigenvalue weighted by Gasteiger charge is 2.33. The van der Waals surface area contributed by atoms with E-state index in [0.29, 0.717) is 11.7 Å². The molecule has 132 valence electrons. The van der Waals surface area contributed by atoms with Gasteiger partial charge in [-0.1, -0.05) is 12.1 Å². The number of rotatable bonds is 7. The first-order chi connectivity index (χ1) is 12.1. The second kappa shape index (κ2) is 7.83. The molecule has 3 rings (SSSR count). The minimum atomic E-state index is -0.448. The zero-order valence-corrected chi connectivity index (χ0v) is 13.6. The van der Waals surface area contributed by atoms with Gasteiger partial charge in [-0.15, -0.1) is 0 Å². The molecule has 0 spiro atoms. The summed E-state index contributed by atoms with van der Waals surface area (Å²) in [5.41, 5.74) is 0.875. The minimum Gasteiger partial charge on any atom is -0.467 e. The van der Waals surface area contributed by atoms with E-state index in [1.807, 2.05) is 0 Å². The molecule has 1 aliphatic rings. The summed E-state index contributed by atoms with van der Waals surface area (Å²) in [5, 5.41) is 8.03. The third kappa shape index (κ3) is 5.07. The van der Waals surface area contributed by atoms with Crippen LogP contribution < -0.4 is 16.0 Å². The van der Waals surface area contributed by atoms with Crippen LogP contribution in [0.3, 0.4) is 0 Å². The molecule has 1 aromatic heterocycles. The van der Waals surface area contributed by atoms with Crippen LogP contribution in [0.4, 0.5) is 9.18 Å². The van der Waals surface area contributed by atoms with Gasteiger partial charge in [0.1, 0.15) is 11.6 Å². The van der Waals surface area contributed by atoms with Crippen LogP contribution in [0.2, 0.25) is 0 Å². The van der Waals surface area contributed by atoms with Gasteiger partial charge in [0.05, 0.1) is 25.4 Å². The normalized spacial score (nSPS) is 14.6. The van der Waals surface area contributed by atoms with Crippen molar-refractivity contribution in [2.24, 2.45) is 5.92 Å². The molecule has 3 N–H and O–H groups in total. The Morgan fingerprint density at radius 2 is 1.92 bits per heavy atom. The maximum atomic E-state index is 13.1. The topological polar surface area (TPSA) is 83.4 Å². The summed E-state index contributed by atoms with van der Waals surface area (Å²) in [5.74, 6) is 0.404. The maximum Gasteiger partial charge on any atom is 0.315 e. The zero-order valence-electron chi connectivity index (χ0n) is 13.6. The number of benzene rings is 1. The first kappa shape index (κ1) is 17.0. The number of hydrogen-bond acceptors (Lipinski definition) is 3. The fraction of sp³-hybridized carbons (Fsp3) is 0.333. The third-order valence-corrected chi connectivity index (χ3v) is 4.05. The Morgan fingerprint density at radius 1 is 1.16 bits per heavy atom. The smallest absolute Gasteiger partial charge is 0.315 e. The maximum absolute atomic E-state index is 13.1. The molecule has 7 heteroatoms. The molecular weight excluding hydrogens is 325 g/mol. The van der Waals surface area contributed by atoms with Crippen molar-refractivity contribution in [2.75, 3.05) is 6.54 Å². The van der Waals surface area contributed by atoms with Crippen LogP contribution in [0.25, 0.3) is 0 Å². The molecule has 1 atom stereocenters. The van der Waals surface area contributed by atoms with E-state index in [1.165, 1.54) is 18.4 Å². The van der Waals surface area contributed by atoms with Crippen LogP contribution in [-0.2, 0) is 11.3 Å². The molecule has 1 aromatic carbocycles. The van der Waals surface area contributed by atoms with E-state index in [2.05, 4.69) is 16.0 Å². The second-order valence-corrected chi connectivity index (χ2v) is 6.05. The van der Waals surface area contributed by atoms with Crippen LogP contribution >= 0.6 is 0 Å². The average Bonchev–Trinajstić information content (AvgIpc) is 3.32. The number of furan rings is 1. The van der Waals surface area contributed by atoms with E-state index in [9.17, 15) is 14.0 Å². The quantitative estimate of drug-likeness (QED) is 0.721. The van der Waals surface area contributed by atoms with E-state index in [4.69, 9.17) is 4.42 Å². The van der Waals surface area contributed by atoms with Gasteiger partial charge < -0.3 is 20.4 Å². The SMILES string of the molecule is O=C(CNC(=O)NCc1ccco1)N[C@@H](c1ccc(F)cc1)C1CC1. The highest BCUT2D eigenvalue weighted by atomic mass is 19.1. The molecule has 6 nitrogen and oxygen atoms in total. The van der Waals surface area contributed by atoms with Crippen molar-refractivity contribution in [2.45, 2.75) is 25.4 Å². The summed E-state index contributed by atoms with van der Waals surface area (Å²) in [6.45, 7) is 0.120. The minimum absolute atomic E-state index is 0.131. The predicted octanol–water partition coefficient (Wildman–Crippen LogP) is 2.49. The fourth-order valence-electron chi connectivity index (χ4n) is 2.60. The third-order valence-electron chi connectivity index (χ3n) is 4.05. The average molecular weight is 345 g/mol. The van der Waals surface area contributed by atoms with Crippen LogP contribution in [0.1, 0.15) is 30.2 Å². The van der Waals surface area contributed by atoms with Crippen LogP contribution in [0, 0.1) is 11.7 Å². The molecule has 1 heterocycles. The molecular formula is C18H20FN3O3. The number of halogens is 1. The lowest BCUT2D eigenvalue weighted by Gasteiger charge is -2.19. The van der Waals surface area contributed by atoms with Crippen molar-refractivity contribution in [3.05, 3.63) is 59.8 Å². The molecule has 3 amide bonds. The molecule has 1 fully saturated rings. The predicted molar refractivity (Wildman–Crippen MR) is 89.0 cm³/mol. The molecule has 1 saturated carbocycles. The van der Waals surface area contributed by atoms with Gasteiger partial charge in [-0.25, -0.2) is 9.18 Å². The summed E-state index contributed by atoms with van der Waals surface area (Å²) >= 11 is 0. The van der Waals surface area contributed by atoms with E-state index in [1.54, 1.807) is 24.3 Å². The number of urea groups is 1. The summed E-state index contributed by atoms with van der Waals surface area (Å²) in [6.07, 6.45) is 3.58. The Bertz CT molecular complexity index is 712. The van der Waals surface area contributed by atoms with Crippen molar-refractivity contribution >= 4 is 11.9 Å². The van der Waals surface area contributed by atoms with Gasteiger partial charge in [-0.3, -0.25) is 4.79 Å². The van der Waals surface area contributed by atoms with Crippen LogP contribution in [0.5, 0.6) is 0 Å². The summed E-state index contributed by atoms with van der Waals surface area (Å²) in [7, 11) is 0. The Balaban J connectivity index is 1.45. The number of amides is 3. The number of carbonyl (C=O) groups is 2. The Kier molecular flexibility index (Phi) is 5.33. The van der Waals surface area contributed by atoms with E-state index in [0.717, 1.165) is 18.4 Å². The second-order valence-electron chi connectivity index (χ2n) is 6.05. The molecule has 0 aliphatic heterocycles. The Labute approximate surface area is 144 Å². The first-order valence-electron chi connectivity index (χ1n) is 8.21. The highest BCUT2D eigenvalue weighted by molar-refractivity contribution is 5.84. The Morgan fingerprint density at radius 3 is 2.56 bits per heavy atom. The molecule has 0 unspecified atom stereocenters. The summed E-state index contributed by atoms with van der Waals surface area (Å²) in [6, 6.07) is 9.02. The van der Waals surface area contributed by atoms with Crippen molar-refractivity contribution in [3.63, 3.8) is 0 Å². The number of nitrogens with one attached hydrogen (secondary N) is 3. The summed E-state index contributed by atoms with van der Waals surface area (Å²) < 4.78 is 18.2. The van der Waals surface area contributed by atoms with Crippen molar-refractivity contribution in [1.29, 1.82) is 0 Å². The van der Waals surface area contributed by atoms with Crippen LogP contribution in [-0.4, -0.2) is 18.5 Å². The molecule has 0 saturated heterocycles. The molecule has 0 bridgehead atoms. The largest absolute Gasteiger partial charge is 0.467 e. The zero-order chi connectivity index (χ0) is 17.6. The number of hydrogen-bond donors (Lipinski definition) is 3. The molecule has 1 aliphatic carbocycles. The van der Waals surface area contributed by atoms with Crippen molar-refractivity contribution in [3.8, 4) is 0 Å². The molecule has 2 aromatic rings. The van der Waals surface area contributed by atoms with Crippen LogP contribution in [0.15, 0.2) is 47.1 Å². The molecule has 25 heavy (non-hydrogen) atoms. The van der Waals surface area contributed by atoms with Gasteiger partial charge in [-0.05, 0) is 48.6 Å². The van der Waals surface area contributed by atoms with Crippen molar-refractivity contribution in [1.82, 2.24) is 16.0 Å². The number of carbonyl (C=O) groups excluding carboxylic acids is 2. The first-order valence-corrected chi connectivity index (χ1v) is 8.21. The highest BCUT2D eigenvalue weighted by Crippen LogP contribution is 2.40. The van der Waals surface area contributed by atoms with Gasteiger partial charge in [0.15, 0.2) is 0 Å². The van der Waals surface area contributed by atoms with Crippen molar-refractivity contribution < 1.29 is 18.4 Å². The van der Waals surface area contributed by atoms with E-state index < -0.39 is 6.03 Å². The lowest BCUT2D eigenvalue weighted by Crippen LogP contribution is -2.43. The Hall–Kier alpha value is -2.83. The van der Waals surface area contributed by atoms with Gasteiger partial charge >= 0.3 is 6.03 Å².